The summed E-state index contributed by atoms with van der Waals surface area (Å²) in [4.78, 5) is 10.5. The Balaban J connectivity index is 2.13. The molecule has 1 atom stereocenters. The van der Waals surface area contributed by atoms with Crippen LogP contribution in [-0.2, 0) is 13.0 Å². The number of aliphatic hydroxyl groups excluding tert-OH is 1. The number of nitrogens with zero attached hydrogens (tertiary/aromatic N) is 3. The maximum atomic E-state index is 9.39. The Morgan fingerprint density at radius 2 is 2.22 bits per heavy atom. The van der Waals surface area contributed by atoms with Gasteiger partial charge in [-0.05, 0) is 20.4 Å². The van der Waals surface area contributed by atoms with Crippen molar-refractivity contribution in [3.63, 3.8) is 0 Å². The van der Waals surface area contributed by atoms with Crippen molar-refractivity contribution in [3.8, 4) is 0 Å². The highest BCUT2D eigenvalue weighted by Crippen LogP contribution is 2.28. The second kappa shape index (κ2) is 5.99. The second-order valence-electron chi connectivity index (χ2n) is 5.05. The molecule has 1 saturated heterocycles. The van der Waals surface area contributed by atoms with Gasteiger partial charge in [-0.1, -0.05) is 24.7 Å². The quantitative estimate of drug-likeness (QED) is 0.903. The van der Waals surface area contributed by atoms with E-state index in [9.17, 15) is 5.11 Å². The topological polar surface area (TPSA) is 39.6 Å². The molecule has 1 unspecified atom stereocenters. The molecule has 4 nitrogen and oxygen atoms in total. The van der Waals surface area contributed by atoms with E-state index in [2.05, 4.69) is 30.7 Å². The van der Waals surface area contributed by atoms with E-state index in [0.717, 1.165) is 48.2 Å². The van der Waals surface area contributed by atoms with Gasteiger partial charge in [0.2, 0.25) is 0 Å². The van der Waals surface area contributed by atoms with Crippen molar-refractivity contribution in [2.45, 2.75) is 39.3 Å². The molecule has 102 valence electrons. The first-order valence-electron chi connectivity index (χ1n) is 6.70. The number of hydrogen-bond donors (Lipinski definition) is 1. The van der Waals surface area contributed by atoms with Crippen LogP contribution in [0.4, 0.5) is 5.13 Å². The summed E-state index contributed by atoms with van der Waals surface area (Å²) >= 11 is 1.66. The Kier molecular flexibility index (Phi) is 4.59. The van der Waals surface area contributed by atoms with Crippen molar-refractivity contribution in [2.75, 3.05) is 31.6 Å². The summed E-state index contributed by atoms with van der Waals surface area (Å²) in [5.74, 6) is 0. The van der Waals surface area contributed by atoms with Crippen LogP contribution in [0.15, 0.2) is 0 Å². The van der Waals surface area contributed by atoms with Crippen LogP contribution < -0.4 is 4.90 Å². The van der Waals surface area contributed by atoms with Crippen LogP contribution in [0, 0.1) is 0 Å². The van der Waals surface area contributed by atoms with Crippen molar-refractivity contribution in [1.82, 2.24) is 9.88 Å². The first kappa shape index (κ1) is 13.8. The molecule has 0 aliphatic carbocycles. The van der Waals surface area contributed by atoms with Gasteiger partial charge in [0.1, 0.15) is 0 Å². The number of rotatable bonds is 4. The summed E-state index contributed by atoms with van der Waals surface area (Å²) in [6.45, 7) is 7.66. The molecule has 0 saturated carbocycles. The highest BCUT2D eigenvalue weighted by atomic mass is 32.1. The Bertz CT molecular complexity index is 394. The zero-order chi connectivity index (χ0) is 13.1. The van der Waals surface area contributed by atoms with Gasteiger partial charge in [0.05, 0.1) is 17.2 Å². The molecular formula is C13H23N3OS. The molecule has 1 aliphatic heterocycles. The maximum Gasteiger partial charge on any atom is 0.185 e. The van der Waals surface area contributed by atoms with E-state index in [4.69, 9.17) is 4.98 Å². The number of aromatic nitrogens is 1. The van der Waals surface area contributed by atoms with Crippen molar-refractivity contribution in [1.29, 1.82) is 0 Å². The van der Waals surface area contributed by atoms with E-state index in [1.165, 1.54) is 0 Å². The Morgan fingerprint density at radius 3 is 2.83 bits per heavy atom. The molecule has 0 radical (unpaired) electrons. The van der Waals surface area contributed by atoms with Crippen molar-refractivity contribution >= 4 is 16.5 Å². The fourth-order valence-electron chi connectivity index (χ4n) is 2.28. The van der Waals surface area contributed by atoms with Crippen LogP contribution in [0.25, 0.3) is 0 Å². The second-order valence-corrected chi connectivity index (χ2v) is 6.11. The van der Waals surface area contributed by atoms with Crippen LogP contribution in [0.3, 0.4) is 0 Å². The molecule has 0 aromatic carbocycles. The average molecular weight is 269 g/mol. The molecule has 1 aliphatic rings. The molecule has 1 aromatic heterocycles. The number of aryl methyl sites for hydroxylation is 1. The monoisotopic (exact) mass is 269 g/mol. The number of aliphatic hydroxyl groups is 1. The maximum absolute atomic E-state index is 9.39. The summed E-state index contributed by atoms with van der Waals surface area (Å²) in [6, 6.07) is 0.565. The standard InChI is InChI=1S/C13H23N3OS/c1-4-5-11-12(9-17)18-13(14-11)16-7-6-15(3)10(2)8-16/h10,17H,4-9H2,1-3H3. The third-order valence-corrected chi connectivity index (χ3v) is 4.77. The molecule has 1 N–H and O–H groups in total. The van der Waals surface area contributed by atoms with Crippen molar-refractivity contribution in [3.05, 3.63) is 10.6 Å². The summed E-state index contributed by atoms with van der Waals surface area (Å²) in [5.41, 5.74) is 1.09. The van der Waals surface area contributed by atoms with E-state index in [1.807, 2.05) is 0 Å². The van der Waals surface area contributed by atoms with E-state index in [1.54, 1.807) is 11.3 Å². The number of thiazole rings is 1. The van der Waals surface area contributed by atoms with E-state index >= 15 is 0 Å². The predicted octanol–water partition coefficient (Wildman–Crippen LogP) is 1.73. The van der Waals surface area contributed by atoms with Gasteiger partial charge in [-0.15, -0.1) is 0 Å². The molecular weight excluding hydrogens is 246 g/mol. The molecule has 0 spiro atoms. The van der Waals surface area contributed by atoms with Crippen molar-refractivity contribution < 1.29 is 5.11 Å². The van der Waals surface area contributed by atoms with Gasteiger partial charge in [0.25, 0.3) is 0 Å². The van der Waals surface area contributed by atoms with Gasteiger partial charge in [-0.25, -0.2) is 4.98 Å². The fourth-order valence-corrected chi connectivity index (χ4v) is 3.28. The largest absolute Gasteiger partial charge is 0.391 e. The van der Waals surface area contributed by atoms with Crippen LogP contribution in [0.2, 0.25) is 0 Å². The molecule has 1 aromatic rings. The predicted molar refractivity (Wildman–Crippen MR) is 76.3 cm³/mol. The highest BCUT2D eigenvalue weighted by Gasteiger charge is 2.23. The molecule has 0 amide bonds. The molecule has 5 heteroatoms. The minimum Gasteiger partial charge on any atom is -0.391 e. The van der Waals surface area contributed by atoms with Crippen LogP contribution >= 0.6 is 11.3 Å². The van der Waals surface area contributed by atoms with Gasteiger partial charge in [-0.3, -0.25) is 0 Å². The lowest BCUT2D eigenvalue weighted by molar-refractivity contribution is 0.234. The highest BCUT2D eigenvalue weighted by molar-refractivity contribution is 7.15. The number of likely N-dealkylation sites (N-methyl/N-ethyl adjacent to an activating group) is 1. The summed E-state index contributed by atoms with van der Waals surface area (Å²) in [5, 5.41) is 10.5. The number of anilines is 1. The summed E-state index contributed by atoms with van der Waals surface area (Å²) in [7, 11) is 2.17. The zero-order valence-electron chi connectivity index (χ0n) is 11.5. The first-order valence-corrected chi connectivity index (χ1v) is 7.52. The smallest absolute Gasteiger partial charge is 0.185 e. The van der Waals surface area contributed by atoms with Crippen LogP contribution in [0.5, 0.6) is 0 Å². The minimum atomic E-state index is 0.121. The molecule has 18 heavy (non-hydrogen) atoms. The van der Waals surface area contributed by atoms with E-state index in [-0.39, 0.29) is 6.61 Å². The summed E-state index contributed by atoms with van der Waals surface area (Å²) < 4.78 is 0. The molecule has 1 fully saturated rings. The Morgan fingerprint density at radius 1 is 1.44 bits per heavy atom. The van der Waals surface area contributed by atoms with Gasteiger partial charge in [0, 0.05) is 25.7 Å². The normalized spacial score (nSPS) is 21.6. The average Bonchev–Trinajstić information content (AvgIpc) is 2.76. The van der Waals surface area contributed by atoms with Gasteiger partial charge < -0.3 is 14.9 Å². The molecule has 2 heterocycles. The summed E-state index contributed by atoms with van der Waals surface area (Å²) in [6.07, 6.45) is 2.05. The number of piperazine rings is 1. The Hall–Kier alpha value is -0.650. The van der Waals surface area contributed by atoms with E-state index < -0.39 is 0 Å². The third kappa shape index (κ3) is 2.84. The van der Waals surface area contributed by atoms with Crippen molar-refractivity contribution in [2.24, 2.45) is 0 Å². The fraction of sp³-hybridized carbons (Fsp3) is 0.769. The Labute approximate surface area is 113 Å². The molecule has 0 bridgehead atoms. The van der Waals surface area contributed by atoms with Crippen LogP contribution in [0.1, 0.15) is 30.8 Å². The van der Waals surface area contributed by atoms with Crippen LogP contribution in [-0.4, -0.2) is 47.7 Å². The third-order valence-electron chi connectivity index (χ3n) is 3.63. The zero-order valence-corrected chi connectivity index (χ0v) is 12.3. The van der Waals surface area contributed by atoms with Gasteiger partial charge in [-0.2, -0.15) is 0 Å². The number of hydrogen-bond acceptors (Lipinski definition) is 5. The SMILES string of the molecule is CCCc1nc(N2CCN(C)C(C)C2)sc1CO. The lowest BCUT2D eigenvalue weighted by Crippen LogP contribution is -2.50. The molecule has 2 rings (SSSR count). The van der Waals surface area contributed by atoms with E-state index in [0.29, 0.717) is 6.04 Å². The lowest BCUT2D eigenvalue weighted by Gasteiger charge is -2.37. The van der Waals surface area contributed by atoms with Gasteiger partial charge in [0.15, 0.2) is 5.13 Å². The lowest BCUT2D eigenvalue weighted by atomic mass is 10.2. The van der Waals surface area contributed by atoms with Gasteiger partial charge >= 0.3 is 0 Å². The minimum absolute atomic E-state index is 0.121. The first-order chi connectivity index (χ1) is 8.65.